The number of carbonyl (C=O) groups excluding carboxylic acids is 2. The number of carboxylic acid groups (broad SMARTS) is 1. The highest BCUT2D eigenvalue weighted by molar-refractivity contribution is 7.99. The predicted molar refractivity (Wildman–Crippen MR) is 77.6 cm³/mol. The van der Waals surface area contributed by atoms with Crippen molar-refractivity contribution in [2.45, 2.75) is 38.6 Å². The van der Waals surface area contributed by atoms with Gasteiger partial charge in [-0.25, -0.2) is 0 Å². The van der Waals surface area contributed by atoms with Gasteiger partial charge in [-0.2, -0.15) is 11.8 Å². The van der Waals surface area contributed by atoms with Crippen LogP contribution in [0.15, 0.2) is 0 Å². The number of carbonyl (C=O) groups is 3. The number of amides is 2. The number of nitrogens with one attached hydrogen (secondary N) is 1. The van der Waals surface area contributed by atoms with E-state index in [-0.39, 0.29) is 24.3 Å². The largest absolute Gasteiger partial charge is 0.481 e. The molecule has 2 N–H and O–H groups in total. The summed E-state index contributed by atoms with van der Waals surface area (Å²) in [5.41, 5.74) is 0. The fourth-order valence-corrected chi connectivity index (χ4v) is 3.25. The molecular formula is C13H22N2O4S. The molecule has 2 amide bonds. The fourth-order valence-electron chi connectivity index (χ4n) is 2.18. The molecular weight excluding hydrogens is 280 g/mol. The summed E-state index contributed by atoms with van der Waals surface area (Å²) in [6, 6.07) is -0.219. The molecule has 1 rings (SSSR count). The summed E-state index contributed by atoms with van der Waals surface area (Å²) in [7, 11) is 0. The third-order valence-electron chi connectivity index (χ3n) is 3.13. The first-order valence-corrected chi connectivity index (χ1v) is 8.05. The van der Waals surface area contributed by atoms with E-state index in [9.17, 15) is 14.4 Å². The lowest BCUT2D eigenvalue weighted by Gasteiger charge is -2.34. The van der Waals surface area contributed by atoms with Gasteiger partial charge in [0, 0.05) is 37.4 Å². The molecule has 0 saturated carbocycles. The first-order valence-electron chi connectivity index (χ1n) is 6.90. The van der Waals surface area contributed by atoms with Crippen molar-refractivity contribution in [1.29, 1.82) is 0 Å². The van der Waals surface area contributed by atoms with E-state index in [0.717, 1.165) is 5.75 Å². The van der Waals surface area contributed by atoms with E-state index in [1.54, 1.807) is 16.7 Å². The first kappa shape index (κ1) is 16.8. The maximum Gasteiger partial charge on any atom is 0.305 e. The Morgan fingerprint density at radius 3 is 2.75 bits per heavy atom. The van der Waals surface area contributed by atoms with Gasteiger partial charge in [-0.3, -0.25) is 14.4 Å². The minimum Gasteiger partial charge on any atom is -0.481 e. The van der Waals surface area contributed by atoms with E-state index >= 15 is 0 Å². The molecule has 6 nitrogen and oxygen atoms in total. The molecule has 1 fully saturated rings. The fraction of sp³-hybridized carbons (Fsp3) is 0.769. The smallest absolute Gasteiger partial charge is 0.305 e. The molecule has 1 atom stereocenters. The molecule has 1 unspecified atom stereocenters. The van der Waals surface area contributed by atoms with Crippen LogP contribution >= 0.6 is 11.8 Å². The predicted octanol–water partition coefficient (Wildman–Crippen LogP) is 0.711. The van der Waals surface area contributed by atoms with Crippen molar-refractivity contribution in [3.05, 3.63) is 0 Å². The van der Waals surface area contributed by atoms with Gasteiger partial charge >= 0.3 is 5.97 Å². The highest BCUT2D eigenvalue weighted by Gasteiger charge is 2.28. The lowest BCUT2D eigenvalue weighted by molar-refractivity contribution is -0.140. The van der Waals surface area contributed by atoms with Crippen LogP contribution in [0.4, 0.5) is 0 Å². The summed E-state index contributed by atoms with van der Waals surface area (Å²) >= 11 is 1.68. The lowest BCUT2D eigenvalue weighted by atomic mass is 10.1. The van der Waals surface area contributed by atoms with Crippen LogP contribution in [0.5, 0.6) is 0 Å². The average molecular weight is 302 g/mol. The Kier molecular flexibility index (Phi) is 7.43. The normalized spacial score (nSPS) is 18.6. The number of rotatable bonds is 7. The van der Waals surface area contributed by atoms with Crippen LogP contribution in [-0.4, -0.2) is 58.4 Å². The number of carboxylic acids is 1. The van der Waals surface area contributed by atoms with Gasteiger partial charge in [0.25, 0.3) is 0 Å². The van der Waals surface area contributed by atoms with Gasteiger partial charge in [-0.05, 0) is 13.3 Å². The van der Waals surface area contributed by atoms with Gasteiger partial charge in [-0.15, -0.1) is 0 Å². The standard InChI is InChI=1S/C13H22N2O4S/c1-2-14-11(16)4-3-5-12(17)15-6-7-20-9-10(15)8-13(18)19/h10H,2-9H2,1H3,(H,14,16)(H,18,19). The molecule has 0 aromatic carbocycles. The van der Waals surface area contributed by atoms with Gasteiger partial charge in [0.05, 0.1) is 12.5 Å². The van der Waals surface area contributed by atoms with Gasteiger partial charge in [-0.1, -0.05) is 0 Å². The quantitative estimate of drug-likeness (QED) is 0.723. The van der Waals surface area contributed by atoms with Crippen molar-refractivity contribution >= 4 is 29.5 Å². The summed E-state index contributed by atoms with van der Waals surface area (Å²) in [4.78, 5) is 35.9. The number of hydrogen-bond donors (Lipinski definition) is 2. The zero-order valence-electron chi connectivity index (χ0n) is 11.8. The topological polar surface area (TPSA) is 86.7 Å². The highest BCUT2D eigenvalue weighted by atomic mass is 32.2. The number of nitrogens with zero attached hydrogens (tertiary/aromatic N) is 1. The van der Waals surface area contributed by atoms with E-state index in [2.05, 4.69) is 5.32 Å². The van der Waals surface area contributed by atoms with E-state index < -0.39 is 5.97 Å². The second kappa shape index (κ2) is 8.84. The monoisotopic (exact) mass is 302 g/mol. The molecule has 114 valence electrons. The molecule has 1 aliphatic rings. The van der Waals surface area contributed by atoms with Gasteiger partial charge < -0.3 is 15.3 Å². The Balaban J connectivity index is 2.39. The Morgan fingerprint density at radius 1 is 1.35 bits per heavy atom. The van der Waals surface area contributed by atoms with E-state index in [1.165, 1.54) is 0 Å². The van der Waals surface area contributed by atoms with Crippen LogP contribution in [0.25, 0.3) is 0 Å². The maximum atomic E-state index is 12.1. The molecule has 0 spiro atoms. The van der Waals surface area contributed by atoms with Crippen molar-refractivity contribution in [3.63, 3.8) is 0 Å². The molecule has 1 heterocycles. The van der Waals surface area contributed by atoms with Crippen molar-refractivity contribution in [3.8, 4) is 0 Å². The molecule has 0 radical (unpaired) electrons. The van der Waals surface area contributed by atoms with Gasteiger partial charge in [0.1, 0.15) is 0 Å². The number of aliphatic carboxylic acids is 1. The van der Waals surface area contributed by atoms with Crippen molar-refractivity contribution in [2.75, 3.05) is 24.6 Å². The lowest BCUT2D eigenvalue weighted by Crippen LogP contribution is -2.47. The van der Waals surface area contributed by atoms with Crippen LogP contribution in [0.3, 0.4) is 0 Å². The molecule has 0 aromatic rings. The van der Waals surface area contributed by atoms with Gasteiger partial charge in [0.15, 0.2) is 0 Å². The second-order valence-electron chi connectivity index (χ2n) is 4.72. The average Bonchev–Trinajstić information content (AvgIpc) is 2.38. The highest BCUT2D eigenvalue weighted by Crippen LogP contribution is 2.20. The minimum atomic E-state index is -0.877. The first-order chi connectivity index (χ1) is 9.54. The molecule has 7 heteroatoms. The van der Waals surface area contributed by atoms with E-state index in [1.807, 2.05) is 6.92 Å². The summed E-state index contributed by atoms with van der Waals surface area (Å²) < 4.78 is 0. The third kappa shape index (κ3) is 5.81. The maximum absolute atomic E-state index is 12.1. The Bertz CT molecular complexity index is 362. The molecule has 0 aromatic heterocycles. The number of thioether (sulfide) groups is 1. The molecule has 0 aliphatic carbocycles. The van der Waals surface area contributed by atoms with Crippen molar-refractivity contribution in [1.82, 2.24) is 10.2 Å². The zero-order chi connectivity index (χ0) is 15.0. The van der Waals surface area contributed by atoms with Crippen LogP contribution in [0.2, 0.25) is 0 Å². The Morgan fingerprint density at radius 2 is 2.10 bits per heavy atom. The molecule has 1 aliphatic heterocycles. The zero-order valence-corrected chi connectivity index (χ0v) is 12.6. The molecule has 20 heavy (non-hydrogen) atoms. The van der Waals surface area contributed by atoms with E-state index in [4.69, 9.17) is 5.11 Å². The Labute approximate surface area is 123 Å². The van der Waals surface area contributed by atoms with Gasteiger partial charge in [0.2, 0.25) is 11.8 Å². The summed E-state index contributed by atoms with van der Waals surface area (Å²) in [6.45, 7) is 3.05. The summed E-state index contributed by atoms with van der Waals surface area (Å²) in [5.74, 6) is 0.557. The SMILES string of the molecule is CCNC(=O)CCCC(=O)N1CCSCC1CC(=O)O. The van der Waals surface area contributed by atoms with Crippen LogP contribution in [-0.2, 0) is 14.4 Å². The van der Waals surface area contributed by atoms with E-state index in [0.29, 0.717) is 38.1 Å². The molecule has 1 saturated heterocycles. The Hall–Kier alpha value is -1.24. The van der Waals surface area contributed by atoms with Crippen LogP contribution < -0.4 is 5.32 Å². The second-order valence-corrected chi connectivity index (χ2v) is 5.87. The van der Waals surface area contributed by atoms with Crippen molar-refractivity contribution < 1.29 is 19.5 Å². The summed E-state index contributed by atoms with van der Waals surface area (Å²) in [5, 5.41) is 11.6. The summed E-state index contributed by atoms with van der Waals surface area (Å²) in [6.07, 6.45) is 1.15. The van der Waals surface area contributed by atoms with Crippen molar-refractivity contribution in [2.24, 2.45) is 0 Å². The minimum absolute atomic E-state index is 0.00490. The van der Waals surface area contributed by atoms with Crippen LogP contribution in [0, 0.1) is 0 Å². The van der Waals surface area contributed by atoms with Crippen LogP contribution in [0.1, 0.15) is 32.6 Å². The molecule has 0 bridgehead atoms. The number of hydrogen-bond acceptors (Lipinski definition) is 4. The third-order valence-corrected chi connectivity index (χ3v) is 4.22.